The van der Waals surface area contributed by atoms with Crippen LogP contribution in [-0.4, -0.2) is 14.2 Å². The minimum absolute atomic E-state index is 0.0992. The highest BCUT2D eigenvalue weighted by molar-refractivity contribution is 7.91. The fourth-order valence-electron chi connectivity index (χ4n) is 2.51. The summed E-state index contributed by atoms with van der Waals surface area (Å²) in [5, 5.41) is 0. The summed E-state index contributed by atoms with van der Waals surface area (Å²) < 4.78 is 24.4. The van der Waals surface area contributed by atoms with E-state index in [0.717, 1.165) is 19.3 Å². The van der Waals surface area contributed by atoms with Crippen molar-refractivity contribution in [3.05, 3.63) is 53.6 Å². The first-order chi connectivity index (χ1) is 9.49. The van der Waals surface area contributed by atoms with Crippen molar-refractivity contribution in [2.24, 2.45) is 5.92 Å². The summed E-state index contributed by atoms with van der Waals surface area (Å²) >= 11 is 0. The third-order valence-electron chi connectivity index (χ3n) is 4.01. The topological polar surface area (TPSA) is 34.1 Å². The van der Waals surface area contributed by atoms with Crippen LogP contribution in [0.1, 0.15) is 33.1 Å². The summed E-state index contributed by atoms with van der Waals surface area (Å²) in [6.45, 7) is 4.22. The molecule has 1 atom stereocenters. The molecule has 0 heterocycles. The van der Waals surface area contributed by atoms with E-state index in [1.54, 1.807) is 24.3 Å². The SMILES string of the molecule is CC1=CCC(/C(C)=C/CS(=O)(=O)c2ccccc2)CC1. The molecule has 108 valence electrons. The molecule has 0 aromatic heterocycles. The Morgan fingerprint density at radius 2 is 2.00 bits per heavy atom. The highest BCUT2D eigenvalue weighted by atomic mass is 32.2. The van der Waals surface area contributed by atoms with Crippen LogP contribution in [0.3, 0.4) is 0 Å². The molecule has 0 saturated carbocycles. The number of hydrogen-bond acceptors (Lipinski definition) is 2. The van der Waals surface area contributed by atoms with E-state index < -0.39 is 9.84 Å². The van der Waals surface area contributed by atoms with Crippen LogP contribution >= 0.6 is 0 Å². The molecule has 20 heavy (non-hydrogen) atoms. The lowest BCUT2D eigenvalue weighted by molar-refractivity contribution is 0.538. The number of allylic oxidation sites excluding steroid dienone is 3. The van der Waals surface area contributed by atoms with Gasteiger partial charge in [0.1, 0.15) is 0 Å². The number of benzene rings is 1. The Morgan fingerprint density at radius 3 is 2.60 bits per heavy atom. The predicted molar refractivity (Wildman–Crippen MR) is 83.3 cm³/mol. The van der Waals surface area contributed by atoms with E-state index in [0.29, 0.717) is 10.8 Å². The van der Waals surface area contributed by atoms with Gasteiger partial charge in [0.05, 0.1) is 10.6 Å². The first-order valence-electron chi connectivity index (χ1n) is 7.09. The monoisotopic (exact) mass is 290 g/mol. The van der Waals surface area contributed by atoms with Gasteiger partial charge >= 0.3 is 0 Å². The summed E-state index contributed by atoms with van der Waals surface area (Å²) in [4.78, 5) is 0.406. The smallest absolute Gasteiger partial charge is 0.181 e. The van der Waals surface area contributed by atoms with E-state index in [9.17, 15) is 8.42 Å². The Kier molecular flexibility index (Phi) is 4.81. The van der Waals surface area contributed by atoms with Gasteiger partial charge in [0.25, 0.3) is 0 Å². The van der Waals surface area contributed by atoms with Crippen molar-refractivity contribution in [3.63, 3.8) is 0 Å². The maximum absolute atomic E-state index is 12.2. The normalized spacial score (nSPS) is 20.6. The van der Waals surface area contributed by atoms with E-state index in [4.69, 9.17) is 0 Å². The van der Waals surface area contributed by atoms with Crippen LogP contribution in [0, 0.1) is 5.92 Å². The molecule has 1 aliphatic carbocycles. The van der Waals surface area contributed by atoms with Crippen molar-refractivity contribution in [2.75, 3.05) is 5.75 Å². The predicted octanol–water partition coefficient (Wildman–Crippen LogP) is 4.15. The van der Waals surface area contributed by atoms with E-state index >= 15 is 0 Å². The van der Waals surface area contributed by atoms with Gasteiger partial charge in [0.2, 0.25) is 0 Å². The molecule has 0 spiro atoms. The van der Waals surface area contributed by atoms with Gasteiger partial charge in [0, 0.05) is 0 Å². The molecular weight excluding hydrogens is 268 g/mol. The second-order valence-corrected chi connectivity index (χ2v) is 7.60. The largest absolute Gasteiger partial charge is 0.223 e. The molecule has 0 saturated heterocycles. The first-order valence-corrected chi connectivity index (χ1v) is 8.74. The standard InChI is InChI=1S/C17H22O2S/c1-14-8-10-16(11-9-14)15(2)12-13-20(18,19)17-6-4-3-5-7-17/h3-8,12,16H,9-11,13H2,1-2H3/b15-12+. The summed E-state index contributed by atoms with van der Waals surface area (Å²) in [5.74, 6) is 0.604. The molecular formula is C17H22O2S. The number of sulfone groups is 1. The van der Waals surface area contributed by atoms with Crippen molar-refractivity contribution in [3.8, 4) is 0 Å². The van der Waals surface area contributed by atoms with Gasteiger partial charge in [0.15, 0.2) is 9.84 Å². The van der Waals surface area contributed by atoms with Crippen LogP contribution in [-0.2, 0) is 9.84 Å². The molecule has 1 aliphatic rings. The molecule has 1 unspecified atom stereocenters. The Bertz CT molecular complexity index is 610. The second kappa shape index (κ2) is 6.40. The molecule has 2 nitrogen and oxygen atoms in total. The molecule has 0 fully saturated rings. The molecule has 1 aromatic carbocycles. The zero-order chi connectivity index (χ0) is 14.6. The van der Waals surface area contributed by atoms with Gasteiger partial charge in [-0.1, -0.05) is 41.5 Å². The second-order valence-electron chi connectivity index (χ2n) is 5.56. The Morgan fingerprint density at radius 1 is 1.30 bits per heavy atom. The third kappa shape index (κ3) is 3.83. The molecule has 1 aromatic rings. The van der Waals surface area contributed by atoms with Gasteiger partial charge in [-0.25, -0.2) is 8.42 Å². The molecule has 0 radical (unpaired) electrons. The summed E-state index contributed by atoms with van der Waals surface area (Å²) in [7, 11) is -3.20. The van der Waals surface area contributed by atoms with E-state index in [-0.39, 0.29) is 5.75 Å². The molecule has 0 N–H and O–H groups in total. The van der Waals surface area contributed by atoms with E-state index in [1.165, 1.54) is 11.1 Å². The average Bonchev–Trinajstić information content (AvgIpc) is 2.46. The van der Waals surface area contributed by atoms with Crippen LogP contribution in [0.4, 0.5) is 0 Å². The Labute approximate surface area is 122 Å². The van der Waals surface area contributed by atoms with Crippen LogP contribution < -0.4 is 0 Å². The molecule has 0 aliphatic heterocycles. The summed E-state index contributed by atoms with van der Waals surface area (Å²) in [6.07, 6.45) is 7.47. The van der Waals surface area contributed by atoms with Crippen molar-refractivity contribution < 1.29 is 8.42 Å². The molecule has 0 amide bonds. The van der Waals surface area contributed by atoms with E-state index in [1.807, 2.05) is 12.1 Å². The van der Waals surface area contributed by atoms with Gasteiger partial charge in [-0.3, -0.25) is 0 Å². The maximum Gasteiger partial charge on any atom is 0.181 e. The zero-order valence-corrected chi connectivity index (χ0v) is 13.0. The van der Waals surface area contributed by atoms with Gasteiger partial charge < -0.3 is 0 Å². The first kappa shape index (κ1) is 15.0. The van der Waals surface area contributed by atoms with Gasteiger partial charge in [-0.2, -0.15) is 0 Å². The minimum atomic E-state index is -3.20. The lowest BCUT2D eigenvalue weighted by Crippen LogP contribution is -2.09. The lowest BCUT2D eigenvalue weighted by Gasteiger charge is -2.21. The molecule has 3 heteroatoms. The number of hydrogen-bond donors (Lipinski definition) is 0. The van der Waals surface area contributed by atoms with Crippen molar-refractivity contribution in [2.45, 2.75) is 38.0 Å². The highest BCUT2D eigenvalue weighted by Crippen LogP contribution is 2.28. The Balaban J connectivity index is 2.05. The fraction of sp³-hybridized carbons (Fsp3) is 0.412. The van der Waals surface area contributed by atoms with Crippen molar-refractivity contribution in [1.29, 1.82) is 0 Å². The van der Waals surface area contributed by atoms with Gasteiger partial charge in [-0.15, -0.1) is 0 Å². The van der Waals surface area contributed by atoms with Crippen molar-refractivity contribution in [1.82, 2.24) is 0 Å². The van der Waals surface area contributed by atoms with Crippen molar-refractivity contribution >= 4 is 9.84 Å². The van der Waals surface area contributed by atoms with E-state index in [2.05, 4.69) is 19.9 Å². The summed E-state index contributed by atoms with van der Waals surface area (Å²) in [5.41, 5.74) is 2.65. The fourth-order valence-corrected chi connectivity index (χ4v) is 3.76. The molecule has 2 rings (SSSR count). The van der Waals surface area contributed by atoms with Crippen LogP contribution in [0.25, 0.3) is 0 Å². The van der Waals surface area contributed by atoms with Crippen LogP contribution in [0.2, 0.25) is 0 Å². The van der Waals surface area contributed by atoms with Crippen LogP contribution in [0.5, 0.6) is 0 Å². The number of rotatable bonds is 4. The minimum Gasteiger partial charge on any atom is -0.223 e. The third-order valence-corrected chi connectivity index (χ3v) is 5.60. The maximum atomic E-state index is 12.2. The van der Waals surface area contributed by atoms with Crippen LogP contribution in [0.15, 0.2) is 58.5 Å². The zero-order valence-electron chi connectivity index (χ0n) is 12.2. The molecule has 0 bridgehead atoms. The average molecular weight is 290 g/mol. The lowest BCUT2D eigenvalue weighted by atomic mass is 9.85. The highest BCUT2D eigenvalue weighted by Gasteiger charge is 2.16. The summed E-state index contributed by atoms with van der Waals surface area (Å²) in [6, 6.07) is 8.67. The quantitative estimate of drug-likeness (QED) is 0.781. The Hall–Kier alpha value is -1.35. The van der Waals surface area contributed by atoms with Gasteiger partial charge in [-0.05, 0) is 51.2 Å².